The van der Waals surface area contributed by atoms with Gasteiger partial charge in [0, 0.05) is 0 Å². The van der Waals surface area contributed by atoms with Crippen molar-refractivity contribution in [2.45, 2.75) is 12.6 Å². The molecule has 0 N–H and O–H groups in total. The lowest BCUT2D eigenvalue weighted by Gasteiger charge is -2.11. The molecule has 1 aromatic rings. The van der Waals surface area contributed by atoms with E-state index in [9.17, 15) is 22.0 Å². The van der Waals surface area contributed by atoms with Gasteiger partial charge in [0.1, 0.15) is 5.75 Å². The van der Waals surface area contributed by atoms with Crippen molar-refractivity contribution in [1.29, 1.82) is 0 Å². The van der Waals surface area contributed by atoms with E-state index in [1.165, 1.54) is 0 Å². The number of rotatable bonds is 2. The molecule has 0 bridgehead atoms. The summed E-state index contributed by atoms with van der Waals surface area (Å²) in [5.74, 6) is -0.140. The maximum absolute atomic E-state index is 12.3. The Kier molecular flexibility index (Phi) is 3.11. The number of nitrogens with zero attached hydrogens (tertiary/aromatic N) is 1. The van der Waals surface area contributed by atoms with Crippen molar-refractivity contribution in [2.75, 3.05) is 7.11 Å². The van der Waals surface area contributed by atoms with E-state index in [1.54, 1.807) is 0 Å². The first-order valence-corrected chi connectivity index (χ1v) is 3.75. The minimum atomic E-state index is -4.89. The van der Waals surface area contributed by atoms with Crippen molar-refractivity contribution in [3.63, 3.8) is 0 Å². The van der Waals surface area contributed by atoms with Crippen LogP contribution in [0.5, 0.6) is 5.75 Å². The maximum Gasteiger partial charge on any atom is 0.433 e. The van der Waals surface area contributed by atoms with Crippen LogP contribution in [0.25, 0.3) is 0 Å². The summed E-state index contributed by atoms with van der Waals surface area (Å²) in [5, 5.41) is 0. The molecule has 1 aromatic heterocycles. The number of alkyl halides is 5. The van der Waals surface area contributed by atoms with E-state index in [4.69, 9.17) is 0 Å². The minimum Gasteiger partial charge on any atom is -0.495 e. The molecule has 1 heterocycles. The van der Waals surface area contributed by atoms with Gasteiger partial charge in [0.15, 0.2) is 5.69 Å². The predicted molar refractivity (Wildman–Crippen MR) is 40.7 cm³/mol. The highest BCUT2D eigenvalue weighted by molar-refractivity contribution is 5.31. The van der Waals surface area contributed by atoms with Crippen LogP contribution in [0.2, 0.25) is 0 Å². The third-order valence-electron chi connectivity index (χ3n) is 1.63. The summed E-state index contributed by atoms with van der Waals surface area (Å²) in [6.45, 7) is 0. The van der Waals surface area contributed by atoms with Crippen LogP contribution >= 0.6 is 0 Å². The highest BCUT2D eigenvalue weighted by atomic mass is 19.4. The number of pyridine rings is 1. The first-order chi connectivity index (χ1) is 6.86. The summed E-state index contributed by atoms with van der Waals surface area (Å²) >= 11 is 0. The predicted octanol–water partition coefficient (Wildman–Crippen LogP) is 3.05. The van der Waals surface area contributed by atoms with Gasteiger partial charge in [-0.3, -0.25) is 0 Å². The van der Waals surface area contributed by atoms with Crippen LogP contribution in [0.1, 0.15) is 17.7 Å². The highest BCUT2D eigenvalue weighted by Gasteiger charge is 2.37. The fraction of sp³-hybridized carbons (Fsp3) is 0.375. The molecule has 0 spiro atoms. The molecule has 0 atom stereocenters. The van der Waals surface area contributed by atoms with E-state index in [-0.39, 0.29) is 5.75 Å². The van der Waals surface area contributed by atoms with Gasteiger partial charge in [-0.05, 0) is 6.07 Å². The Morgan fingerprint density at radius 1 is 1.33 bits per heavy atom. The van der Waals surface area contributed by atoms with Crippen molar-refractivity contribution >= 4 is 0 Å². The Labute approximate surface area is 81.7 Å². The number of hydrogen-bond donors (Lipinski definition) is 0. The molecular weight excluding hydrogens is 221 g/mol. The molecule has 15 heavy (non-hydrogen) atoms. The van der Waals surface area contributed by atoms with E-state index in [0.717, 1.165) is 13.3 Å². The second-order valence-corrected chi connectivity index (χ2v) is 2.61. The van der Waals surface area contributed by atoms with Crippen molar-refractivity contribution < 1.29 is 26.7 Å². The third-order valence-corrected chi connectivity index (χ3v) is 1.63. The fourth-order valence-electron chi connectivity index (χ4n) is 0.976. The summed E-state index contributed by atoms with van der Waals surface area (Å²) in [5.41, 5.74) is -2.76. The van der Waals surface area contributed by atoms with Crippen LogP contribution in [0, 0.1) is 0 Å². The van der Waals surface area contributed by atoms with Crippen molar-refractivity contribution in [3.05, 3.63) is 23.5 Å². The zero-order valence-corrected chi connectivity index (χ0v) is 7.48. The molecule has 7 heteroatoms. The monoisotopic (exact) mass is 227 g/mol. The Morgan fingerprint density at radius 3 is 2.33 bits per heavy atom. The first-order valence-electron chi connectivity index (χ1n) is 3.75. The molecule has 0 aliphatic heterocycles. The molecule has 0 saturated heterocycles. The minimum absolute atomic E-state index is 0.140. The normalized spacial score (nSPS) is 11.9. The van der Waals surface area contributed by atoms with Gasteiger partial charge in [0.05, 0.1) is 18.9 Å². The van der Waals surface area contributed by atoms with Gasteiger partial charge in [-0.2, -0.15) is 13.2 Å². The SMILES string of the molecule is COc1cnc(C(F)(F)F)c(C(F)F)c1. The van der Waals surface area contributed by atoms with Gasteiger partial charge in [0.2, 0.25) is 0 Å². The molecule has 0 aromatic carbocycles. The molecule has 0 radical (unpaired) electrons. The lowest BCUT2D eigenvalue weighted by Crippen LogP contribution is -2.12. The fourth-order valence-corrected chi connectivity index (χ4v) is 0.976. The van der Waals surface area contributed by atoms with Gasteiger partial charge < -0.3 is 4.74 Å². The van der Waals surface area contributed by atoms with Crippen LogP contribution in [-0.4, -0.2) is 12.1 Å². The standard InChI is InChI=1S/C8H6F5NO/c1-15-4-2-5(7(9)10)6(14-3-4)8(11,12)13/h2-3,7H,1H3. The molecule has 0 aliphatic rings. The molecule has 0 unspecified atom stereocenters. The van der Waals surface area contributed by atoms with Gasteiger partial charge in [0.25, 0.3) is 6.43 Å². The number of aromatic nitrogens is 1. The zero-order chi connectivity index (χ0) is 11.6. The Hall–Kier alpha value is -1.40. The molecule has 84 valence electrons. The third kappa shape index (κ3) is 2.54. The first kappa shape index (κ1) is 11.7. The maximum atomic E-state index is 12.3. The Bertz CT molecular complexity index is 349. The van der Waals surface area contributed by atoms with Crippen LogP contribution in [0.4, 0.5) is 22.0 Å². The molecule has 2 nitrogen and oxygen atoms in total. The Balaban J connectivity index is 3.28. The van der Waals surface area contributed by atoms with Crippen LogP contribution in [0.3, 0.4) is 0 Å². The van der Waals surface area contributed by atoms with Crippen LogP contribution in [-0.2, 0) is 6.18 Å². The number of ether oxygens (including phenoxy) is 1. The number of hydrogen-bond acceptors (Lipinski definition) is 2. The lowest BCUT2D eigenvalue weighted by atomic mass is 10.2. The largest absolute Gasteiger partial charge is 0.495 e. The van der Waals surface area contributed by atoms with E-state index in [0.29, 0.717) is 6.07 Å². The Morgan fingerprint density at radius 2 is 1.93 bits per heavy atom. The summed E-state index contributed by atoms with van der Waals surface area (Å²) in [7, 11) is 1.15. The molecule has 0 fully saturated rings. The summed E-state index contributed by atoms with van der Waals surface area (Å²) in [6, 6.07) is 0.625. The lowest BCUT2D eigenvalue weighted by molar-refractivity contribution is -0.143. The molecule has 0 saturated carbocycles. The number of halogens is 5. The molecule has 0 aliphatic carbocycles. The highest BCUT2D eigenvalue weighted by Crippen LogP contribution is 2.36. The molecular formula is C8H6F5NO. The van der Waals surface area contributed by atoms with E-state index in [2.05, 4.69) is 9.72 Å². The van der Waals surface area contributed by atoms with Gasteiger partial charge >= 0.3 is 6.18 Å². The summed E-state index contributed by atoms with van der Waals surface area (Å²) in [6.07, 6.45) is -7.39. The van der Waals surface area contributed by atoms with E-state index >= 15 is 0 Å². The summed E-state index contributed by atoms with van der Waals surface area (Å²) in [4.78, 5) is 2.91. The van der Waals surface area contributed by atoms with Crippen molar-refractivity contribution in [2.24, 2.45) is 0 Å². The van der Waals surface area contributed by atoms with Crippen molar-refractivity contribution in [3.8, 4) is 5.75 Å². The second-order valence-electron chi connectivity index (χ2n) is 2.61. The average Bonchev–Trinajstić information content (AvgIpc) is 2.15. The summed E-state index contributed by atoms with van der Waals surface area (Å²) < 4.78 is 65.7. The number of methoxy groups -OCH3 is 1. The van der Waals surface area contributed by atoms with E-state index in [1.807, 2.05) is 0 Å². The molecule has 0 amide bonds. The second kappa shape index (κ2) is 4.00. The van der Waals surface area contributed by atoms with Crippen LogP contribution in [0.15, 0.2) is 12.3 Å². The smallest absolute Gasteiger partial charge is 0.433 e. The van der Waals surface area contributed by atoms with Gasteiger partial charge in [-0.1, -0.05) is 0 Å². The molecule has 1 rings (SSSR count). The topological polar surface area (TPSA) is 22.1 Å². The average molecular weight is 227 g/mol. The zero-order valence-electron chi connectivity index (χ0n) is 7.48. The quantitative estimate of drug-likeness (QED) is 0.724. The van der Waals surface area contributed by atoms with E-state index < -0.39 is 23.9 Å². The van der Waals surface area contributed by atoms with Gasteiger partial charge in [-0.15, -0.1) is 0 Å². The van der Waals surface area contributed by atoms with Gasteiger partial charge in [-0.25, -0.2) is 13.8 Å². The van der Waals surface area contributed by atoms with Crippen molar-refractivity contribution in [1.82, 2.24) is 4.98 Å². The van der Waals surface area contributed by atoms with Crippen LogP contribution < -0.4 is 4.74 Å².